The number of hydrogen-bond donors (Lipinski definition) is 1. The topological polar surface area (TPSA) is 96.4 Å². The first-order chi connectivity index (χ1) is 17.3. The lowest BCUT2D eigenvalue weighted by atomic mass is 10.1. The monoisotopic (exact) mass is 538 g/mol. The minimum Gasteiger partial charge on any atom is -0.465 e. The van der Waals surface area contributed by atoms with Crippen molar-refractivity contribution in [3.05, 3.63) is 66.2 Å². The molecule has 0 aliphatic heterocycles. The highest BCUT2D eigenvalue weighted by molar-refractivity contribution is 8.00. The number of hydrogen-bond acceptors (Lipinski definition) is 7. The zero-order chi connectivity index (χ0) is 26.2. The summed E-state index contributed by atoms with van der Waals surface area (Å²) >= 11 is -1.87. The van der Waals surface area contributed by atoms with E-state index in [-0.39, 0.29) is 30.3 Å². The highest BCUT2D eigenvalue weighted by atomic mass is 32.2. The molecule has 8 nitrogen and oxygen atoms in total. The molecule has 0 radical (unpaired) electrons. The van der Waals surface area contributed by atoms with Gasteiger partial charge in [-0.3, -0.25) is 18.4 Å². The van der Waals surface area contributed by atoms with Crippen LogP contribution in [0.25, 0.3) is 10.8 Å². The van der Waals surface area contributed by atoms with Crippen LogP contribution in [0.1, 0.15) is 13.8 Å². The summed E-state index contributed by atoms with van der Waals surface area (Å²) in [4.78, 5) is 24.1. The molecule has 0 spiro atoms. The Kier molecular flexibility index (Phi) is 9.62. The Balaban J connectivity index is 2.12. The summed E-state index contributed by atoms with van der Waals surface area (Å²) < 4.78 is 63.2. The third-order valence-electron chi connectivity index (χ3n) is 4.88. The highest BCUT2D eigenvalue weighted by Crippen LogP contribution is 2.40. The van der Waals surface area contributed by atoms with Crippen molar-refractivity contribution in [1.29, 1.82) is 0 Å². The lowest BCUT2D eigenvalue weighted by molar-refractivity contribution is -0.142. The zero-order valence-corrected chi connectivity index (χ0v) is 21.1. The maximum Gasteiger partial charge on any atom is 0.326 e. The van der Waals surface area contributed by atoms with E-state index in [4.69, 9.17) is 9.47 Å². The van der Waals surface area contributed by atoms with Gasteiger partial charge in [-0.25, -0.2) is 13.0 Å². The molecule has 3 rings (SSSR count). The van der Waals surface area contributed by atoms with E-state index in [0.29, 0.717) is 28.4 Å². The number of rotatable bonds is 11. The van der Waals surface area contributed by atoms with Gasteiger partial charge in [0.25, 0.3) is 11.3 Å². The number of nitrogens with zero attached hydrogens (tertiary/aromatic N) is 2. The van der Waals surface area contributed by atoms with Crippen molar-refractivity contribution in [3.8, 4) is 0 Å². The Hall–Kier alpha value is -3.22. The van der Waals surface area contributed by atoms with E-state index in [2.05, 4.69) is 0 Å². The van der Waals surface area contributed by atoms with Crippen LogP contribution in [0.5, 0.6) is 0 Å². The van der Waals surface area contributed by atoms with Gasteiger partial charge < -0.3 is 13.8 Å². The number of benzene rings is 3. The van der Waals surface area contributed by atoms with Crippen LogP contribution in [0.15, 0.2) is 59.5 Å². The number of carbonyl (C=O) groups is 2. The van der Waals surface area contributed by atoms with Gasteiger partial charge in [-0.1, -0.05) is 30.3 Å². The molecular formula is C24H24F2N2O6S2. The fourth-order valence-electron chi connectivity index (χ4n) is 3.42. The third kappa shape index (κ3) is 6.50. The first kappa shape index (κ1) is 27.4. The average molecular weight is 539 g/mol. The molecule has 0 amide bonds. The second kappa shape index (κ2) is 12.7. The minimum atomic E-state index is -2.56. The maximum absolute atomic E-state index is 14.5. The molecular weight excluding hydrogens is 514 g/mol. The minimum absolute atomic E-state index is 0.108. The summed E-state index contributed by atoms with van der Waals surface area (Å²) in [5.41, 5.74) is 0.649. The Morgan fingerprint density at radius 1 is 0.861 bits per heavy atom. The standard InChI is InChI=1S/C24H24F2N2O6S2/c1-3-33-22(29)14-27(35-24-18(25)10-7-11-19(24)26)20-12-13-21(17-9-6-5-8-16(17)20)28(36(31)32)15-23(30)34-4-2/h5-13H,3-4,14-15H2,1-2H3,(H,31,32). The summed E-state index contributed by atoms with van der Waals surface area (Å²) in [6, 6.07) is 13.2. The summed E-state index contributed by atoms with van der Waals surface area (Å²) in [7, 11) is 0. The molecule has 1 atom stereocenters. The molecule has 0 heterocycles. The van der Waals surface area contributed by atoms with Crippen molar-refractivity contribution >= 4 is 57.3 Å². The lowest BCUT2D eigenvalue weighted by Crippen LogP contribution is -2.32. The van der Waals surface area contributed by atoms with Crippen molar-refractivity contribution in [2.45, 2.75) is 18.7 Å². The Bertz CT molecular complexity index is 1260. The number of esters is 2. The van der Waals surface area contributed by atoms with Crippen LogP contribution in [0.2, 0.25) is 0 Å². The van der Waals surface area contributed by atoms with Gasteiger partial charge >= 0.3 is 11.9 Å². The van der Waals surface area contributed by atoms with Crippen molar-refractivity contribution in [2.75, 3.05) is 34.9 Å². The van der Waals surface area contributed by atoms with E-state index >= 15 is 0 Å². The molecule has 0 aliphatic carbocycles. The van der Waals surface area contributed by atoms with Crippen molar-refractivity contribution < 1.29 is 36.6 Å². The quantitative estimate of drug-likeness (QED) is 0.213. The van der Waals surface area contributed by atoms with E-state index in [9.17, 15) is 27.1 Å². The molecule has 36 heavy (non-hydrogen) atoms. The van der Waals surface area contributed by atoms with Gasteiger partial charge in [0.1, 0.15) is 29.6 Å². The maximum atomic E-state index is 14.5. The molecule has 192 valence electrons. The van der Waals surface area contributed by atoms with Crippen LogP contribution >= 0.6 is 11.9 Å². The zero-order valence-electron chi connectivity index (χ0n) is 19.5. The second-order valence-electron chi connectivity index (χ2n) is 7.21. The summed E-state index contributed by atoms with van der Waals surface area (Å²) in [5.74, 6) is -2.91. The number of ether oxygens (including phenoxy) is 2. The van der Waals surface area contributed by atoms with Crippen LogP contribution in [-0.4, -0.2) is 47.0 Å². The van der Waals surface area contributed by atoms with Crippen LogP contribution in [0.3, 0.4) is 0 Å². The van der Waals surface area contributed by atoms with E-state index in [1.165, 1.54) is 22.5 Å². The van der Waals surface area contributed by atoms with Gasteiger partial charge in [0.05, 0.1) is 24.6 Å². The van der Waals surface area contributed by atoms with E-state index in [0.717, 1.165) is 16.4 Å². The molecule has 1 N–H and O–H groups in total. The fraction of sp³-hybridized carbons (Fsp3) is 0.250. The average Bonchev–Trinajstić information content (AvgIpc) is 2.84. The van der Waals surface area contributed by atoms with Gasteiger partial charge in [-0.05, 0) is 50.1 Å². The first-order valence-electron chi connectivity index (χ1n) is 10.9. The molecule has 3 aromatic rings. The Morgan fingerprint density at radius 3 is 1.94 bits per heavy atom. The normalized spacial score (nSPS) is 11.7. The fourth-order valence-corrected chi connectivity index (χ4v) is 4.92. The highest BCUT2D eigenvalue weighted by Gasteiger charge is 2.24. The third-order valence-corrected chi connectivity index (χ3v) is 6.70. The molecule has 0 fully saturated rings. The summed E-state index contributed by atoms with van der Waals surface area (Å²) in [5, 5.41) is 0.966. The molecule has 12 heteroatoms. The van der Waals surface area contributed by atoms with Gasteiger partial charge in [0.2, 0.25) is 0 Å². The Labute approximate surface area is 213 Å². The first-order valence-corrected chi connectivity index (χ1v) is 12.7. The lowest BCUT2D eigenvalue weighted by Gasteiger charge is -2.27. The van der Waals surface area contributed by atoms with Crippen LogP contribution in [-0.2, 0) is 30.3 Å². The van der Waals surface area contributed by atoms with Gasteiger partial charge in [-0.2, -0.15) is 0 Å². The van der Waals surface area contributed by atoms with Gasteiger partial charge in [0.15, 0.2) is 0 Å². The number of halogens is 2. The molecule has 0 aromatic heterocycles. The molecule has 0 bridgehead atoms. The SMILES string of the molecule is CCOC(=O)CN(Sc1c(F)cccc1F)c1ccc(N(CC(=O)OCC)S(=O)O)c2ccccc12. The van der Waals surface area contributed by atoms with Crippen molar-refractivity contribution in [1.82, 2.24) is 0 Å². The largest absolute Gasteiger partial charge is 0.465 e. The smallest absolute Gasteiger partial charge is 0.326 e. The predicted octanol–water partition coefficient (Wildman–Crippen LogP) is 4.70. The molecule has 0 saturated heterocycles. The predicted molar refractivity (Wildman–Crippen MR) is 135 cm³/mol. The van der Waals surface area contributed by atoms with Gasteiger partial charge in [0, 0.05) is 10.8 Å². The van der Waals surface area contributed by atoms with Crippen molar-refractivity contribution in [2.24, 2.45) is 0 Å². The molecule has 3 aromatic carbocycles. The molecule has 1 unspecified atom stereocenters. The molecule has 0 saturated carbocycles. The number of carbonyl (C=O) groups excluding carboxylic acids is 2. The van der Waals surface area contributed by atoms with Gasteiger partial charge in [-0.15, -0.1) is 0 Å². The summed E-state index contributed by atoms with van der Waals surface area (Å²) in [6.45, 7) is 2.67. The van der Waals surface area contributed by atoms with Crippen molar-refractivity contribution in [3.63, 3.8) is 0 Å². The number of fused-ring (bicyclic) bond motifs is 1. The van der Waals surface area contributed by atoms with E-state index in [1.807, 2.05) is 0 Å². The van der Waals surface area contributed by atoms with Crippen LogP contribution in [0.4, 0.5) is 20.2 Å². The number of anilines is 2. The Morgan fingerprint density at radius 2 is 1.39 bits per heavy atom. The van der Waals surface area contributed by atoms with E-state index < -0.39 is 41.4 Å². The van der Waals surface area contributed by atoms with E-state index in [1.54, 1.807) is 38.1 Å². The van der Waals surface area contributed by atoms with Crippen LogP contribution in [0, 0.1) is 11.6 Å². The van der Waals surface area contributed by atoms with Crippen LogP contribution < -0.4 is 8.61 Å². The second-order valence-corrected chi connectivity index (χ2v) is 9.14. The summed E-state index contributed by atoms with van der Waals surface area (Å²) in [6.07, 6.45) is 0. The molecule has 0 aliphatic rings.